The molecular formula is C29H28F3N3O3. The van der Waals surface area contributed by atoms with E-state index in [0.717, 1.165) is 17.7 Å². The second-order valence-corrected chi connectivity index (χ2v) is 8.96. The van der Waals surface area contributed by atoms with Gasteiger partial charge in [0.2, 0.25) is 0 Å². The number of alkyl halides is 3. The number of carbonyl (C=O) groups excluding carboxylic acids is 1. The number of aryl methyl sites for hydroxylation is 1. The highest BCUT2D eigenvalue weighted by Gasteiger charge is 2.33. The zero-order chi connectivity index (χ0) is 27.4. The second kappa shape index (κ2) is 11.2. The molecule has 0 fully saturated rings. The molecule has 0 spiro atoms. The number of halogens is 3. The Labute approximate surface area is 218 Å². The molecule has 1 aromatic heterocycles. The van der Waals surface area contributed by atoms with Crippen LogP contribution in [0.3, 0.4) is 0 Å². The number of hydrogen-bond donors (Lipinski definition) is 0. The minimum atomic E-state index is -4.59. The lowest BCUT2D eigenvalue weighted by Crippen LogP contribution is -2.40. The summed E-state index contributed by atoms with van der Waals surface area (Å²) in [4.78, 5) is 33.7. The van der Waals surface area contributed by atoms with Gasteiger partial charge in [0.1, 0.15) is 5.82 Å². The van der Waals surface area contributed by atoms with Crippen LogP contribution >= 0.6 is 0 Å². The first-order valence-electron chi connectivity index (χ1n) is 12.2. The molecule has 9 heteroatoms. The molecule has 0 saturated heterocycles. The molecule has 0 bridgehead atoms. The van der Waals surface area contributed by atoms with Crippen molar-refractivity contribution in [2.24, 2.45) is 0 Å². The Morgan fingerprint density at radius 1 is 1.05 bits per heavy atom. The lowest BCUT2D eigenvalue weighted by Gasteiger charge is -2.32. The van der Waals surface area contributed by atoms with Crippen molar-refractivity contribution in [1.82, 2.24) is 14.5 Å². The van der Waals surface area contributed by atoms with Crippen molar-refractivity contribution >= 4 is 16.8 Å². The lowest BCUT2D eigenvalue weighted by atomic mass is 10.1. The first-order valence-corrected chi connectivity index (χ1v) is 12.2. The summed E-state index contributed by atoms with van der Waals surface area (Å²) in [5.74, 6) is -0.297. The fourth-order valence-electron chi connectivity index (χ4n) is 4.44. The van der Waals surface area contributed by atoms with Crippen LogP contribution in [0.1, 0.15) is 46.7 Å². The number of amides is 1. The highest BCUT2D eigenvalue weighted by atomic mass is 19.4. The van der Waals surface area contributed by atoms with Crippen LogP contribution in [-0.2, 0) is 10.9 Å². The van der Waals surface area contributed by atoms with Gasteiger partial charge in [-0.1, -0.05) is 42.8 Å². The molecule has 1 atom stereocenters. The van der Waals surface area contributed by atoms with E-state index in [1.165, 1.54) is 28.7 Å². The van der Waals surface area contributed by atoms with Crippen LogP contribution in [0.5, 0.6) is 0 Å². The molecule has 1 amide bonds. The van der Waals surface area contributed by atoms with Crippen LogP contribution in [0.4, 0.5) is 13.2 Å². The molecule has 6 nitrogen and oxygen atoms in total. The Kier molecular flexibility index (Phi) is 7.97. The summed E-state index contributed by atoms with van der Waals surface area (Å²) >= 11 is 0. The minimum Gasteiger partial charge on any atom is -0.383 e. The van der Waals surface area contributed by atoms with Gasteiger partial charge in [-0.15, -0.1) is 0 Å². The number of methoxy groups -OCH3 is 1. The SMILES string of the molecule is CCC(c1nc2ccccc2c(=O)n1-c1ccc(C)cc1)N(CCOC)C(=O)c1cccc(C(F)(F)F)c1. The molecule has 38 heavy (non-hydrogen) atoms. The van der Waals surface area contributed by atoms with E-state index in [9.17, 15) is 22.8 Å². The summed E-state index contributed by atoms with van der Waals surface area (Å²) in [7, 11) is 1.48. The first-order chi connectivity index (χ1) is 18.2. The largest absolute Gasteiger partial charge is 0.416 e. The van der Waals surface area contributed by atoms with Gasteiger partial charge < -0.3 is 9.64 Å². The van der Waals surface area contributed by atoms with E-state index >= 15 is 0 Å². The van der Waals surface area contributed by atoms with Crippen LogP contribution in [0.2, 0.25) is 0 Å². The molecule has 0 radical (unpaired) electrons. The van der Waals surface area contributed by atoms with E-state index in [2.05, 4.69) is 0 Å². The van der Waals surface area contributed by atoms with Crippen molar-refractivity contribution < 1.29 is 22.7 Å². The maximum absolute atomic E-state index is 13.8. The van der Waals surface area contributed by atoms with Gasteiger partial charge in [0.05, 0.1) is 34.8 Å². The molecule has 0 saturated carbocycles. The molecular weight excluding hydrogens is 495 g/mol. The topological polar surface area (TPSA) is 64.4 Å². The van der Waals surface area contributed by atoms with E-state index < -0.39 is 23.7 Å². The molecule has 4 aromatic rings. The quantitative estimate of drug-likeness (QED) is 0.286. The third kappa shape index (κ3) is 5.47. The van der Waals surface area contributed by atoms with E-state index in [1.807, 2.05) is 26.0 Å². The van der Waals surface area contributed by atoms with Gasteiger partial charge in [0, 0.05) is 19.2 Å². The molecule has 198 valence electrons. The average Bonchev–Trinajstić information content (AvgIpc) is 2.91. The smallest absolute Gasteiger partial charge is 0.383 e. The lowest BCUT2D eigenvalue weighted by molar-refractivity contribution is -0.137. The summed E-state index contributed by atoms with van der Waals surface area (Å²) < 4.78 is 46.9. The van der Waals surface area contributed by atoms with Crippen molar-refractivity contribution in [1.29, 1.82) is 0 Å². The molecule has 0 aliphatic rings. The average molecular weight is 524 g/mol. The second-order valence-electron chi connectivity index (χ2n) is 8.96. The Bertz CT molecular complexity index is 1500. The van der Waals surface area contributed by atoms with Gasteiger partial charge >= 0.3 is 6.18 Å². The van der Waals surface area contributed by atoms with Gasteiger partial charge in [-0.25, -0.2) is 4.98 Å². The number of benzene rings is 3. The van der Waals surface area contributed by atoms with Crippen LogP contribution in [0.25, 0.3) is 16.6 Å². The van der Waals surface area contributed by atoms with Gasteiger partial charge in [-0.3, -0.25) is 14.2 Å². The molecule has 4 rings (SSSR count). The summed E-state index contributed by atoms with van der Waals surface area (Å²) in [6, 6.07) is 17.9. The van der Waals surface area contributed by atoms with Gasteiger partial charge in [-0.2, -0.15) is 13.2 Å². The standard InChI is InChI=1S/C29H28F3N3O3/c1-4-25(34(16-17-38-3)27(36)20-8-7-9-21(18-20)29(30,31)32)26-33-24-11-6-5-10-23(24)28(37)35(26)22-14-12-19(2)13-15-22/h5-15,18,25H,4,16-17H2,1-3H3. The number of nitrogens with zero attached hydrogens (tertiary/aromatic N) is 3. The van der Waals surface area contributed by atoms with E-state index in [-0.39, 0.29) is 24.3 Å². The van der Waals surface area contributed by atoms with Crippen LogP contribution in [-0.4, -0.2) is 40.6 Å². The van der Waals surface area contributed by atoms with Gasteiger partial charge in [0.25, 0.3) is 11.5 Å². The minimum absolute atomic E-state index is 0.0840. The summed E-state index contributed by atoms with van der Waals surface area (Å²) in [5, 5.41) is 0.416. The predicted octanol–water partition coefficient (Wildman–Crippen LogP) is 5.95. The summed E-state index contributed by atoms with van der Waals surface area (Å²) in [5.41, 5.74) is 0.720. The van der Waals surface area contributed by atoms with E-state index in [4.69, 9.17) is 9.72 Å². The number of rotatable bonds is 8. The molecule has 1 unspecified atom stereocenters. The fourth-order valence-corrected chi connectivity index (χ4v) is 4.44. The maximum Gasteiger partial charge on any atom is 0.416 e. The number of aromatic nitrogens is 2. The highest BCUT2D eigenvalue weighted by molar-refractivity contribution is 5.94. The summed E-state index contributed by atoms with van der Waals surface area (Å²) in [6.07, 6.45) is -4.24. The van der Waals surface area contributed by atoms with Crippen LogP contribution in [0, 0.1) is 6.92 Å². The van der Waals surface area contributed by atoms with Gasteiger partial charge in [0.15, 0.2) is 0 Å². The number of fused-ring (bicyclic) bond motifs is 1. The normalized spacial score (nSPS) is 12.5. The molecule has 0 aliphatic heterocycles. The monoisotopic (exact) mass is 523 g/mol. The zero-order valence-electron chi connectivity index (χ0n) is 21.3. The Balaban J connectivity index is 1.92. The third-order valence-electron chi connectivity index (χ3n) is 6.39. The Morgan fingerprint density at radius 3 is 2.42 bits per heavy atom. The fraction of sp³-hybridized carbons (Fsp3) is 0.276. The molecule has 1 heterocycles. The predicted molar refractivity (Wildman–Crippen MR) is 139 cm³/mol. The Morgan fingerprint density at radius 2 is 1.76 bits per heavy atom. The summed E-state index contributed by atoms with van der Waals surface area (Å²) in [6.45, 7) is 4.00. The van der Waals surface area contributed by atoms with Crippen LogP contribution in [0.15, 0.2) is 77.6 Å². The van der Waals surface area contributed by atoms with Crippen molar-refractivity contribution in [2.75, 3.05) is 20.3 Å². The number of carbonyl (C=O) groups is 1. The first kappa shape index (κ1) is 27.1. The Hall–Kier alpha value is -3.98. The van der Waals surface area contributed by atoms with Gasteiger partial charge in [-0.05, 0) is 55.8 Å². The van der Waals surface area contributed by atoms with Crippen molar-refractivity contribution in [3.8, 4) is 5.69 Å². The van der Waals surface area contributed by atoms with Crippen molar-refractivity contribution in [2.45, 2.75) is 32.5 Å². The molecule has 3 aromatic carbocycles. The third-order valence-corrected chi connectivity index (χ3v) is 6.39. The zero-order valence-corrected chi connectivity index (χ0v) is 21.3. The number of ether oxygens (including phenoxy) is 1. The van der Waals surface area contributed by atoms with Crippen molar-refractivity contribution in [3.05, 3.63) is 106 Å². The van der Waals surface area contributed by atoms with Crippen LogP contribution < -0.4 is 5.56 Å². The maximum atomic E-state index is 13.8. The molecule has 0 aliphatic carbocycles. The number of hydrogen-bond acceptors (Lipinski definition) is 4. The van der Waals surface area contributed by atoms with Crippen molar-refractivity contribution in [3.63, 3.8) is 0 Å². The van der Waals surface area contributed by atoms with E-state index in [1.54, 1.807) is 36.4 Å². The molecule has 0 N–H and O–H groups in total. The van der Waals surface area contributed by atoms with E-state index in [0.29, 0.717) is 28.8 Å². The number of para-hydroxylation sites is 1. The highest BCUT2D eigenvalue weighted by Crippen LogP contribution is 2.31.